The molecular weight excluding hydrogens is 310 g/mol. The standard InChI is InChI=1S/C17H23N3O4/c1-23-15-3-2-12(17(22)20-6-8-24-9-7-20)10-14(15)19-16(21)13-4-5-18-11-13/h2-3,10,13,18H,4-9,11H2,1H3,(H,19,21). The molecule has 1 aromatic carbocycles. The van der Waals surface area contributed by atoms with E-state index >= 15 is 0 Å². The molecule has 1 aromatic rings. The van der Waals surface area contributed by atoms with Gasteiger partial charge in [-0.1, -0.05) is 0 Å². The smallest absolute Gasteiger partial charge is 0.254 e. The number of nitrogens with one attached hydrogen (secondary N) is 2. The van der Waals surface area contributed by atoms with E-state index in [0.717, 1.165) is 13.0 Å². The number of morpholine rings is 1. The minimum absolute atomic E-state index is 0.0470. The third-order valence-electron chi connectivity index (χ3n) is 4.43. The van der Waals surface area contributed by atoms with Crippen molar-refractivity contribution < 1.29 is 19.1 Å². The number of ether oxygens (including phenoxy) is 2. The third kappa shape index (κ3) is 3.68. The van der Waals surface area contributed by atoms with Gasteiger partial charge in [0.2, 0.25) is 5.91 Å². The van der Waals surface area contributed by atoms with Gasteiger partial charge in [0, 0.05) is 25.2 Å². The quantitative estimate of drug-likeness (QED) is 0.849. The fourth-order valence-electron chi connectivity index (χ4n) is 3.00. The molecule has 2 saturated heterocycles. The van der Waals surface area contributed by atoms with Crippen LogP contribution in [-0.2, 0) is 9.53 Å². The van der Waals surface area contributed by atoms with Crippen LogP contribution in [0.3, 0.4) is 0 Å². The van der Waals surface area contributed by atoms with Crippen molar-refractivity contribution in [3.05, 3.63) is 23.8 Å². The van der Waals surface area contributed by atoms with Gasteiger partial charge in [-0.05, 0) is 31.2 Å². The second kappa shape index (κ2) is 7.63. The van der Waals surface area contributed by atoms with Crippen LogP contribution in [0, 0.1) is 5.92 Å². The molecule has 7 heteroatoms. The monoisotopic (exact) mass is 333 g/mol. The molecule has 2 heterocycles. The molecule has 0 aliphatic carbocycles. The Hall–Kier alpha value is -2.12. The molecule has 0 bridgehead atoms. The van der Waals surface area contributed by atoms with Crippen molar-refractivity contribution in [2.24, 2.45) is 5.92 Å². The maximum atomic E-state index is 12.6. The van der Waals surface area contributed by atoms with Crippen LogP contribution in [0.25, 0.3) is 0 Å². The highest BCUT2D eigenvalue weighted by Crippen LogP contribution is 2.27. The first-order chi connectivity index (χ1) is 11.7. The number of nitrogens with zero attached hydrogens (tertiary/aromatic N) is 1. The van der Waals surface area contributed by atoms with E-state index in [1.165, 1.54) is 0 Å². The van der Waals surface area contributed by atoms with Crippen LogP contribution in [0.15, 0.2) is 18.2 Å². The first-order valence-electron chi connectivity index (χ1n) is 8.25. The van der Waals surface area contributed by atoms with E-state index < -0.39 is 0 Å². The third-order valence-corrected chi connectivity index (χ3v) is 4.43. The van der Waals surface area contributed by atoms with Crippen molar-refractivity contribution in [3.63, 3.8) is 0 Å². The van der Waals surface area contributed by atoms with Crippen molar-refractivity contribution in [1.82, 2.24) is 10.2 Å². The summed E-state index contributed by atoms with van der Waals surface area (Å²) in [4.78, 5) is 26.7. The zero-order valence-corrected chi connectivity index (χ0v) is 13.8. The molecule has 130 valence electrons. The molecule has 1 atom stereocenters. The molecule has 2 aliphatic rings. The fourth-order valence-corrected chi connectivity index (χ4v) is 3.00. The summed E-state index contributed by atoms with van der Waals surface area (Å²) in [7, 11) is 1.55. The molecule has 0 saturated carbocycles. The summed E-state index contributed by atoms with van der Waals surface area (Å²) in [5, 5.41) is 6.08. The van der Waals surface area contributed by atoms with Gasteiger partial charge in [0.25, 0.3) is 5.91 Å². The summed E-state index contributed by atoms with van der Waals surface area (Å²) < 4.78 is 10.6. The minimum atomic E-state index is -0.0565. The van der Waals surface area contributed by atoms with Crippen molar-refractivity contribution in [3.8, 4) is 5.75 Å². The molecule has 7 nitrogen and oxygen atoms in total. The molecule has 2 fully saturated rings. The van der Waals surface area contributed by atoms with Crippen LogP contribution < -0.4 is 15.4 Å². The van der Waals surface area contributed by atoms with Gasteiger partial charge in [0.15, 0.2) is 0 Å². The van der Waals surface area contributed by atoms with Crippen molar-refractivity contribution >= 4 is 17.5 Å². The summed E-state index contributed by atoms with van der Waals surface area (Å²) in [6.07, 6.45) is 0.820. The average Bonchev–Trinajstić information content (AvgIpc) is 3.16. The average molecular weight is 333 g/mol. The highest BCUT2D eigenvalue weighted by Gasteiger charge is 2.24. The number of hydrogen-bond donors (Lipinski definition) is 2. The number of methoxy groups -OCH3 is 1. The summed E-state index contributed by atoms with van der Waals surface area (Å²) in [6.45, 7) is 3.81. The van der Waals surface area contributed by atoms with Crippen molar-refractivity contribution in [2.75, 3.05) is 51.8 Å². The Morgan fingerprint density at radius 2 is 2.12 bits per heavy atom. The van der Waals surface area contributed by atoms with Gasteiger partial charge >= 0.3 is 0 Å². The molecule has 2 N–H and O–H groups in total. The van der Waals surface area contributed by atoms with Gasteiger partial charge in [-0.2, -0.15) is 0 Å². The second-order valence-electron chi connectivity index (χ2n) is 6.00. The van der Waals surface area contributed by atoms with E-state index in [-0.39, 0.29) is 17.7 Å². The fraction of sp³-hybridized carbons (Fsp3) is 0.529. The van der Waals surface area contributed by atoms with E-state index in [1.807, 2.05) is 0 Å². The predicted octanol–water partition coefficient (Wildman–Crippen LogP) is 0.716. The number of anilines is 1. The minimum Gasteiger partial charge on any atom is -0.495 e. The van der Waals surface area contributed by atoms with Gasteiger partial charge in [-0.3, -0.25) is 9.59 Å². The van der Waals surface area contributed by atoms with Crippen molar-refractivity contribution in [2.45, 2.75) is 6.42 Å². The molecule has 2 aliphatic heterocycles. The summed E-state index contributed by atoms with van der Waals surface area (Å²) in [5.41, 5.74) is 1.08. The Bertz CT molecular complexity index is 608. The molecule has 1 unspecified atom stereocenters. The number of amides is 2. The Labute approximate surface area is 141 Å². The summed E-state index contributed by atoms with van der Waals surface area (Å²) >= 11 is 0. The maximum absolute atomic E-state index is 12.6. The summed E-state index contributed by atoms with van der Waals surface area (Å²) in [6, 6.07) is 5.14. The van der Waals surface area contributed by atoms with Crippen LogP contribution in [0.4, 0.5) is 5.69 Å². The molecule has 0 aromatic heterocycles. The largest absolute Gasteiger partial charge is 0.495 e. The van der Waals surface area contributed by atoms with E-state index in [4.69, 9.17) is 9.47 Å². The second-order valence-corrected chi connectivity index (χ2v) is 6.00. The lowest BCUT2D eigenvalue weighted by molar-refractivity contribution is -0.119. The van der Waals surface area contributed by atoms with E-state index in [0.29, 0.717) is 49.8 Å². The van der Waals surface area contributed by atoms with Gasteiger partial charge in [0.05, 0.1) is 31.9 Å². The number of hydrogen-bond acceptors (Lipinski definition) is 5. The number of carbonyl (C=O) groups is 2. The lowest BCUT2D eigenvalue weighted by atomic mass is 10.1. The Morgan fingerprint density at radius 1 is 1.33 bits per heavy atom. The maximum Gasteiger partial charge on any atom is 0.254 e. The SMILES string of the molecule is COc1ccc(C(=O)N2CCOCC2)cc1NC(=O)C1CCNC1. The lowest BCUT2D eigenvalue weighted by Crippen LogP contribution is -2.40. The highest BCUT2D eigenvalue weighted by atomic mass is 16.5. The molecule has 24 heavy (non-hydrogen) atoms. The number of rotatable bonds is 4. The molecule has 2 amide bonds. The van der Waals surface area contributed by atoms with E-state index in [9.17, 15) is 9.59 Å². The Morgan fingerprint density at radius 3 is 2.79 bits per heavy atom. The first-order valence-corrected chi connectivity index (χ1v) is 8.25. The zero-order chi connectivity index (χ0) is 16.9. The Kier molecular flexibility index (Phi) is 5.32. The summed E-state index contributed by atoms with van der Waals surface area (Å²) in [5.74, 6) is 0.398. The van der Waals surface area contributed by atoms with Crippen molar-refractivity contribution in [1.29, 1.82) is 0 Å². The van der Waals surface area contributed by atoms with Crippen LogP contribution >= 0.6 is 0 Å². The molecular formula is C17H23N3O4. The van der Waals surface area contributed by atoms with Crippen LogP contribution in [0.5, 0.6) is 5.75 Å². The normalized spacial score (nSPS) is 20.7. The Balaban J connectivity index is 1.76. The number of carbonyl (C=O) groups excluding carboxylic acids is 2. The molecule has 0 radical (unpaired) electrons. The zero-order valence-electron chi connectivity index (χ0n) is 13.8. The van der Waals surface area contributed by atoms with Gasteiger partial charge < -0.3 is 25.0 Å². The van der Waals surface area contributed by atoms with E-state index in [2.05, 4.69) is 10.6 Å². The first kappa shape index (κ1) is 16.7. The lowest BCUT2D eigenvalue weighted by Gasteiger charge is -2.27. The molecule has 3 rings (SSSR count). The molecule has 0 spiro atoms. The number of benzene rings is 1. The van der Waals surface area contributed by atoms with Gasteiger partial charge in [0.1, 0.15) is 5.75 Å². The topological polar surface area (TPSA) is 79.9 Å². The highest BCUT2D eigenvalue weighted by molar-refractivity contribution is 5.99. The van der Waals surface area contributed by atoms with E-state index in [1.54, 1.807) is 30.2 Å². The van der Waals surface area contributed by atoms with Crippen LogP contribution in [0.1, 0.15) is 16.8 Å². The van der Waals surface area contributed by atoms with Crippen LogP contribution in [0.2, 0.25) is 0 Å². The van der Waals surface area contributed by atoms with Crippen LogP contribution in [-0.4, -0.2) is 63.2 Å². The van der Waals surface area contributed by atoms with Gasteiger partial charge in [-0.15, -0.1) is 0 Å². The van der Waals surface area contributed by atoms with Gasteiger partial charge in [-0.25, -0.2) is 0 Å². The predicted molar refractivity (Wildman–Crippen MR) is 89.3 cm³/mol.